The number of hydrogen-bond donors (Lipinski definition) is 1. The molecule has 2 aromatic heterocycles. The SMILES string of the molecule is Cc1cc(=O)n(C(C)c2ccccn2)c(C)c1C(=O)O. The topological polar surface area (TPSA) is 72.2 Å². The Morgan fingerprint density at radius 2 is 2.05 bits per heavy atom. The molecule has 0 bridgehead atoms. The van der Waals surface area contributed by atoms with E-state index in [1.807, 2.05) is 19.1 Å². The van der Waals surface area contributed by atoms with E-state index in [1.54, 1.807) is 26.1 Å². The number of carboxylic acids is 1. The molecule has 0 radical (unpaired) electrons. The highest BCUT2D eigenvalue weighted by Gasteiger charge is 2.20. The van der Waals surface area contributed by atoms with Gasteiger partial charge in [-0.2, -0.15) is 0 Å². The Bertz CT molecular complexity index is 705. The van der Waals surface area contributed by atoms with E-state index in [9.17, 15) is 14.7 Å². The second-order valence-corrected chi connectivity index (χ2v) is 4.73. The molecule has 5 nitrogen and oxygen atoms in total. The molecule has 104 valence electrons. The van der Waals surface area contributed by atoms with E-state index in [0.29, 0.717) is 11.3 Å². The molecule has 0 aliphatic heterocycles. The molecule has 0 saturated carbocycles. The van der Waals surface area contributed by atoms with Gasteiger partial charge < -0.3 is 9.67 Å². The Kier molecular flexibility index (Phi) is 3.70. The van der Waals surface area contributed by atoms with Crippen molar-refractivity contribution >= 4 is 5.97 Å². The van der Waals surface area contributed by atoms with Crippen molar-refractivity contribution in [2.75, 3.05) is 0 Å². The summed E-state index contributed by atoms with van der Waals surface area (Å²) in [5.74, 6) is -1.03. The Morgan fingerprint density at radius 1 is 1.35 bits per heavy atom. The molecule has 1 unspecified atom stereocenters. The number of carbonyl (C=O) groups is 1. The number of hydrogen-bond acceptors (Lipinski definition) is 3. The van der Waals surface area contributed by atoms with E-state index >= 15 is 0 Å². The van der Waals surface area contributed by atoms with Gasteiger partial charge in [-0.1, -0.05) is 6.07 Å². The number of carboxylic acid groups (broad SMARTS) is 1. The Labute approximate surface area is 116 Å². The minimum absolute atomic E-state index is 0.174. The summed E-state index contributed by atoms with van der Waals surface area (Å²) in [5, 5.41) is 9.28. The minimum atomic E-state index is -1.03. The molecule has 2 aromatic rings. The van der Waals surface area contributed by atoms with Crippen molar-refractivity contribution in [3.63, 3.8) is 0 Å². The average molecular weight is 272 g/mol. The highest BCUT2D eigenvalue weighted by Crippen LogP contribution is 2.19. The third-order valence-electron chi connectivity index (χ3n) is 3.41. The molecule has 0 saturated heterocycles. The molecule has 5 heteroatoms. The second kappa shape index (κ2) is 5.28. The van der Waals surface area contributed by atoms with E-state index in [2.05, 4.69) is 4.98 Å². The monoisotopic (exact) mass is 272 g/mol. The van der Waals surface area contributed by atoms with Crippen molar-refractivity contribution in [3.05, 3.63) is 63.3 Å². The van der Waals surface area contributed by atoms with Gasteiger partial charge in [0.15, 0.2) is 0 Å². The van der Waals surface area contributed by atoms with Crippen LogP contribution in [0.1, 0.15) is 40.3 Å². The maximum atomic E-state index is 12.2. The standard InChI is InChI=1S/C15H16N2O3/c1-9-8-13(18)17(11(3)14(9)15(19)20)10(2)12-6-4-5-7-16-12/h4-8,10H,1-3H3,(H,19,20). The quantitative estimate of drug-likeness (QED) is 0.929. The zero-order chi connectivity index (χ0) is 14.9. The van der Waals surface area contributed by atoms with E-state index in [-0.39, 0.29) is 17.2 Å². The maximum absolute atomic E-state index is 12.2. The van der Waals surface area contributed by atoms with Gasteiger partial charge in [-0.25, -0.2) is 4.79 Å². The second-order valence-electron chi connectivity index (χ2n) is 4.73. The van der Waals surface area contributed by atoms with Crippen molar-refractivity contribution in [1.82, 2.24) is 9.55 Å². The fourth-order valence-corrected chi connectivity index (χ4v) is 2.46. The van der Waals surface area contributed by atoms with Crippen molar-refractivity contribution in [2.45, 2.75) is 26.8 Å². The summed E-state index contributed by atoms with van der Waals surface area (Å²) in [6, 6.07) is 6.49. The normalized spacial score (nSPS) is 12.2. The fourth-order valence-electron chi connectivity index (χ4n) is 2.46. The predicted octanol–water partition coefficient (Wildman–Crippen LogP) is 2.17. The lowest BCUT2D eigenvalue weighted by atomic mass is 10.1. The highest BCUT2D eigenvalue weighted by atomic mass is 16.4. The predicted molar refractivity (Wildman–Crippen MR) is 75.2 cm³/mol. The number of pyridine rings is 2. The van der Waals surface area contributed by atoms with E-state index in [4.69, 9.17) is 0 Å². The van der Waals surface area contributed by atoms with Crippen LogP contribution in [0.4, 0.5) is 0 Å². The highest BCUT2D eigenvalue weighted by molar-refractivity contribution is 5.90. The lowest BCUT2D eigenvalue weighted by Gasteiger charge is -2.20. The molecular weight excluding hydrogens is 256 g/mol. The van der Waals surface area contributed by atoms with E-state index in [0.717, 1.165) is 5.69 Å². The first kappa shape index (κ1) is 14.0. The summed E-state index contributed by atoms with van der Waals surface area (Å²) in [4.78, 5) is 27.8. The third kappa shape index (κ3) is 2.34. The Hall–Kier alpha value is -2.43. The van der Waals surface area contributed by atoms with Crippen molar-refractivity contribution in [3.8, 4) is 0 Å². The number of aromatic nitrogens is 2. The number of nitrogens with zero attached hydrogens (tertiary/aromatic N) is 2. The molecule has 1 N–H and O–H groups in total. The van der Waals surface area contributed by atoms with Gasteiger partial charge in [0.2, 0.25) is 0 Å². The smallest absolute Gasteiger partial charge is 0.337 e. The lowest BCUT2D eigenvalue weighted by Crippen LogP contribution is -2.29. The van der Waals surface area contributed by atoms with Crippen LogP contribution in [0.2, 0.25) is 0 Å². The van der Waals surface area contributed by atoms with Crippen molar-refractivity contribution in [2.24, 2.45) is 0 Å². The average Bonchev–Trinajstić information content (AvgIpc) is 2.38. The third-order valence-corrected chi connectivity index (χ3v) is 3.41. The minimum Gasteiger partial charge on any atom is -0.478 e. The lowest BCUT2D eigenvalue weighted by molar-refractivity contribution is 0.0694. The summed E-state index contributed by atoms with van der Waals surface area (Å²) in [6.45, 7) is 5.11. The summed E-state index contributed by atoms with van der Waals surface area (Å²) >= 11 is 0. The van der Waals surface area contributed by atoms with Crippen LogP contribution < -0.4 is 5.56 Å². The van der Waals surface area contributed by atoms with Crippen LogP contribution in [0, 0.1) is 13.8 Å². The largest absolute Gasteiger partial charge is 0.478 e. The molecule has 0 spiro atoms. The molecule has 0 amide bonds. The Morgan fingerprint density at radius 3 is 2.60 bits per heavy atom. The number of aromatic carboxylic acids is 1. The molecule has 2 heterocycles. The van der Waals surface area contributed by atoms with Crippen LogP contribution in [0.25, 0.3) is 0 Å². The van der Waals surface area contributed by atoms with Gasteiger partial charge in [0.05, 0.1) is 17.3 Å². The van der Waals surface area contributed by atoms with Gasteiger partial charge in [0, 0.05) is 18.0 Å². The van der Waals surface area contributed by atoms with E-state index < -0.39 is 5.97 Å². The molecule has 0 aliphatic carbocycles. The van der Waals surface area contributed by atoms with Crippen molar-refractivity contribution < 1.29 is 9.90 Å². The maximum Gasteiger partial charge on any atom is 0.337 e. The van der Waals surface area contributed by atoms with Crippen LogP contribution in [0.15, 0.2) is 35.3 Å². The first-order valence-electron chi connectivity index (χ1n) is 6.30. The first-order valence-corrected chi connectivity index (χ1v) is 6.30. The molecule has 0 aliphatic rings. The van der Waals surface area contributed by atoms with Crippen LogP contribution in [-0.2, 0) is 0 Å². The molecule has 20 heavy (non-hydrogen) atoms. The van der Waals surface area contributed by atoms with Gasteiger partial charge in [0.25, 0.3) is 5.56 Å². The first-order chi connectivity index (χ1) is 9.43. The summed E-state index contributed by atoms with van der Waals surface area (Å²) in [7, 11) is 0. The molecule has 1 atom stereocenters. The van der Waals surface area contributed by atoms with Crippen LogP contribution >= 0.6 is 0 Å². The summed E-state index contributed by atoms with van der Waals surface area (Å²) < 4.78 is 1.47. The fraction of sp³-hybridized carbons (Fsp3) is 0.267. The zero-order valence-corrected chi connectivity index (χ0v) is 11.6. The number of aryl methyl sites for hydroxylation is 1. The van der Waals surface area contributed by atoms with Gasteiger partial charge in [0.1, 0.15) is 0 Å². The van der Waals surface area contributed by atoms with Gasteiger partial charge in [-0.3, -0.25) is 9.78 Å². The molecule has 0 fully saturated rings. The van der Waals surface area contributed by atoms with E-state index in [1.165, 1.54) is 10.6 Å². The van der Waals surface area contributed by atoms with Crippen LogP contribution in [0.3, 0.4) is 0 Å². The Balaban J connectivity index is 2.66. The summed E-state index contributed by atoms with van der Waals surface area (Å²) in [6.07, 6.45) is 1.65. The van der Waals surface area contributed by atoms with Gasteiger partial charge in [-0.05, 0) is 38.5 Å². The molecular formula is C15H16N2O3. The zero-order valence-electron chi connectivity index (χ0n) is 11.6. The van der Waals surface area contributed by atoms with Crippen LogP contribution in [-0.4, -0.2) is 20.6 Å². The van der Waals surface area contributed by atoms with Crippen molar-refractivity contribution in [1.29, 1.82) is 0 Å². The molecule has 0 aromatic carbocycles. The molecule has 2 rings (SSSR count). The van der Waals surface area contributed by atoms with Gasteiger partial charge >= 0.3 is 5.97 Å². The van der Waals surface area contributed by atoms with Gasteiger partial charge in [-0.15, -0.1) is 0 Å². The number of rotatable bonds is 3. The van der Waals surface area contributed by atoms with Crippen LogP contribution in [0.5, 0.6) is 0 Å². The summed E-state index contributed by atoms with van der Waals surface area (Å²) in [5.41, 5.74) is 1.60.